The van der Waals surface area contributed by atoms with Gasteiger partial charge >= 0.3 is 0 Å². The van der Waals surface area contributed by atoms with Crippen LogP contribution >= 0.6 is 0 Å². The molecule has 0 spiro atoms. The number of nitrogens with zero attached hydrogens (tertiary/aromatic N) is 1. The average molecular weight is 266 g/mol. The maximum atomic E-state index is 11.5. The Bertz CT molecular complexity index is 499. The van der Waals surface area contributed by atoms with Gasteiger partial charge < -0.3 is 10.2 Å². The summed E-state index contributed by atoms with van der Waals surface area (Å²) in [7, 11) is 0. The van der Waals surface area contributed by atoms with Gasteiger partial charge in [0.15, 0.2) is 0 Å². The lowest BCUT2D eigenvalue weighted by atomic mass is 9.89. The molecular weight excluding hydrogens is 248 g/mol. The maximum Gasteiger partial charge on any atom is 0.268 e. The summed E-state index contributed by atoms with van der Waals surface area (Å²) in [6, 6.07) is 1.57. The largest absolute Gasteiger partial charge is 0.467 e. The number of primary amides is 1. The second kappa shape index (κ2) is 5.02. The molecule has 0 aromatic carbocycles. The minimum absolute atomic E-state index is 0.297. The van der Waals surface area contributed by atoms with Crippen LogP contribution in [0, 0.1) is 5.41 Å². The third-order valence-corrected chi connectivity index (χ3v) is 3.64. The van der Waals surface area contributed by atoms with E-state index in [2.05, 4.69) is 5.43 Å². The molecule has 2 amide bonds. The second-order valence-corrected chi connectivity index (χ2v) is 5.12. The van der Waals surface area contributed by atoms with E-state index < -0.39 is 5.41 Å². The van der Waals surface area contributed by atoms with Crippen molar-refractivity contribution in [2.75, 3.05) is 13.1 Å². The van der Waals surface area contributed by atoms with Crippen LogP contribution in [0.3, 0.4) is 0 Å². The van der Waals surface area contributed by atoms with E-state index in [4.69, 9.17) is 16.0 Å². The zero-order valence-corrected chi connectivity index (χ0v) is 10.8. The highest BCUT2D eigenvalue weighted by Gasteiger charge is 2.39. The number of nitrogens with one attached hydrogen (secondary N) is 1. The molecule has 1 saturated heterocycles. The van der Waals surface area contributed by atoms with Gasteiger partial charge in [-0.05, 0) is 26.0 Å². The van der Waals surface area contributed by atoms with Crippen LogP contribution in [0.1, 0.15) is 29.5 Å². The maximum absolute atomic E-state index is 11.5. The van der Waals surface area contributed by atoms with Crippen LogP contribution in [0.5, 0.6) is 0 Å². The molecule has 1 aliphatic rings. The molecule has 1 unspecified atom stereocenters. The molecule has 0 radical (unpaired) electrons. The number of nitrogen functional groups attached to an aromatic ring is 1. The zero-order valence-electron chi connectivity index (χ0n) is 10.8. The number of carbonyl (C=O) groups excluding carboxylic acids is 2. The van der Waals surface area contributed by atoms with E-state index in [0.717, 1.165) is 6.54 Å². The Hall–Kier alpha value is -1.86. The van der Waals surface area contributed by atoms with E-state index in [9.17, 15) is 9.59 Å². The van der Waals surface area contributed by atoms with Gasteiger partial charge in [-0.1, -0.05) is 0 Å². The van der Waals surface area contributed by atoms with E-state index >= 15 is 0 Å². The molecule has 7 heteroatoms. The molecular formula is C12H18N4O3. The minimum atomic E-state index is -0.511. The van der Waals surface area contributed by atoms with Crippen molar-refractivity contribution < 1.29 is 14.0 Å². The number of hydrogen-bond acceptors (Lipinski definition) is 5. The van der Waals surface area contributed by atoms with Crippen molar-refractivity contribution in [2.45, 2.75) is 19.9 Å². The summed E-state index contributed by atoms with van der Waals surface area (Å²) in [5, 5.41) is 0. The zero-order chi connectivity index (χ0) is 14.0. The van der Waals surface area contributed by atoms with Crippen LogP contribution in [0.25, 0.3) is 0 Å². The molecule has 1 atom stereocenters. The minimum Gasteiger partial charge on any atom is -0.467 e. The van der Waals surface area contributed by atoms with Gasteiger partial charge in [-0.25, -0.2) is 5.84 Å². The van der Waals surface area contributed by atoms with Gasteiger partial charge in [0.2, 0.25) is 5.91 Å². The van der Waals surface area contributed by atoms with Gasteiger partial charge in [-0.2, -0.15) is 0 Å². The first-order chi connectivity index (χ1) is 8.96. The SMILES string of the molecule is CC1(C(N)=O)CCN(Cc2occc2C(=O)NN)C1. The predicted octanol–water partition coefficient (Wildman–Crippen LogP) is -0.420. The standard InChI is InChI=1S/C12H18N4O3/c1-12(11(13)18)3-4-16(7-12)6-9-8(2-5-19-9)10(17)15-14/h2,5H,3-4,6-7,14H2,1H3,(H2,13,18)(H,15,17). The molecule has 1 aliphatic heterocycles. The summed E-state index contributed by atoms with van der Waals surface area (Å²) >= 11 is 0. The van der Waals surface area contributed by atoms with Gasteiger partial charge in [0.25, 0.3) is 5.91 Å². The molecule has 104 valence electrons. The van der Waals surface area contributed by atoms with Crippen molar-refractivity contribution in [3.63, 3.8) is 0 Å². The van der Waals surface area contributed by atoms with Gasteiger partial charge in [0.05, 0.1) is 23.8 Å². The van der Waals surface area contributed by atoms with Crippen LogP contribution in [-0.4, -0.2) is 29.8 Å². The monoisotopic (exact) mass is 266 g/mol. The fraction of sp³-hybridized carbons (Fsp3) is 0.500. The first-order valence-corrected chi connectivity index (χ1v) is 6.06. The van der Waals surface area contributed by atoms with Crippen LogP contribution in [0.15, 0.2) is 16.7 Å². The molecule has 5 N–H and O–H groups in total. The molecule has 0 saturated carbocycles. The predicted molar refractivity (Wildman–Crippen MR) is 67.6 cm³/mol. The van der Waals surface area contributed by atoms with E-state index in [1.165, 1.54) is 6.26 Å². The number of hydrazine groups is 1. The van der Waals surface area contributed by atoms with Gasteiger partial charge in [-0.15, -0.1) is 0 Å². The average Bonchev–Trinajstić information content (AvgIpc) is 2.97. The summed E-state index contributed by atoms with van der Waals surface area (Å²) in [6.45, 7) is 3.61. The topological polar surface area (TPSA) is 115 Å². The first-order valence-electron chi connectivity index (χ1n) is 6.06. The number of hydrogen-bond donors (Lipinski definition) is 3. The Labute approximate surface area is 110 Å². The molecule has 7 nitrogen and oxygen atoms in total. The van der Waals surface area contributed by atoms with E-state index in [0.29, 0.717) is 30.8 Å². The van der Waals surface area contributed by atoms with E-state index in [1.807, 2.05) is 11.8 Å². The lowest BCUT2D eigenvalue weighted by Crippen LogP contribution is -2.37. The summed E-state index contributed by atoms with van der Waals surface area (Å²) in [5.74, 6) is 4.96. The molecule has 2 heterocycles. The highest BCUT2D eigenvalue weighted by molar-refractivity contribution is 5.94. The van der Waals surface area contributed by atoms with Crippen molar-refractivity contribution in [3.8, 4) is 0 Å². The number of rotatable bonds is 4. The van der Waals surface area contributed by atoms with Crippen LogP contribution in [0.4, 0.5) is 0 Å². The summed E-state index contributed by atoms with van der Waals surface area (Å²) in [5.41, 5.74) is 7.37. The molecule has 1 aromatic heterocycles. The highest BCUT2D eigenvalue weighted by Crippen LogP contribution is 2.30. The lowest BCUT2D eigenvalue weighted by Gasteiger charge is -2.20. The van der Waals surface area contributed by atoms with Crippen LogP contribution in [-0.2, 0) is 11.3 Å². The number of likely N-dealkylation sites (tertiary alicyclic amines) is 1. The van der Waals surface area contributed by atoms with Crippen molar-refractivity contribution in [1.82, 2.24) is 10.3 Å². The molecule has 0 bridgehead atoms. The summed E-state index contributed by atoms with van der Waals surface area (Å²) in [6.07, 6.45) is 2.16. The van der Waals surface area contributed by atoms with Gasteiger partial charge in [0, 0.05) is 6.54 Å². The fourth-order valence-corrected chi connectivity index (χ4v) is 2.34. The van der Waals surface area contributed by atoms with E-state index in [1.54, 1.807) is 6.07 Å². The van der Waals surface area contributed by atoms with Gasteiger partial charge in [0.1, 0.15) is 5.76 Å². The third-order valence-electron chi connectivity index (χ3n) is 3.64. The van der Waals surface area contributed by atoms with Gasteiger partial charge in [-0.3, -0.25) is 19.9 Å². The lowest BCUT2D eigenvalue weighted by molar-refractivity contribution is -0.126. The Morgan fingerprint density at radius 3 is 2.89 bits per heavy atom. The Balaban J connectivity index is 2.06. The number of nitrogens with two attached hydrogens (primary N) is 2. The third kappa shape index (κ3) is 2.61. The van der Waals surface area contributed by atoms with Crippen molar-refractivity contribution >= 4 is 11.8 Å². The number of carbonyl (C=O) groups is 2. The van der Waals surface area contributed by atoms with Crippen LogP contribution in [0.2, 0.25) is 0 Å². The van der Waals surface area contributed by atoms with Crippen molar-refractivity contribution in [3.05, 3.63) is 23.7 Å². The van der Waals surface area contributed by atoms with E-state index in [-0.39, 0.29) is 11.8 Å². The molecule has 1 aromatic rings. The highest BCUT2D eigenvalue weighted by atomic mass is 16.3. The van der Waals surface area contributed by atoms with Crippen molar-refractivity contribution in [1.29, 1.82) is 0 Å². The smallest absolute Gasteiger partial charge is 0.268 e. The first kappa shape index (κ1) is 13.6. The summed E-state index contributed by atoms with van der Waals surface area (Å²) in [4.78, 5) is 24.9. The molecule has 19 heavy (non-hydrogen) atoms. The Kier molecular flexibility index (Phi) is 3.59. The quantitative estimate of drug-likeness (QED) is 0.389. The summed E-state index contributed by atoms with van der Waals surface area (Å²) < 4.78 is 5.30. The Morgan fingerprint density at radius 1 is 1.58 bits per heavy atom. The normalized spacial score (nSPS) is 23.5. The molecule has 2 rings (SSSR count). The fourth-order valence-electron chi connectivity index (χ4n) is 2.34. The Morgan fingerprint density at radius 2 is 2.32 bits per heavy atom. The number of amides is 2. The second-order valence-electron chi connectivity index (χ2n) is 5.12. The number of furan rings is 1. The van der Waals surface area contributed by atoms with Crippen LogP contribution < -0.4 is 17.0 Å². The molecule has 1 fully saturated rings. The van der Waals surface area contributed by atoms with Crippen molar-refractivity contribution in [2.24, 2.45) is 17.0 Å². The molecule has 0 aliphatic carbocycles.